The fourth-order valence-electron chi connectivity index (χ4n) is 2.46. The van der Waals surface area contributed by atoms with Gasteiger partial charge in [0.05, 0.1) is 12.1 Å². The van der Waals surface area contributed by atoms with Crippen LogP contribution in [-0.2, 0) is 14.4 Å². The lowest BCUT2D eigenvalue weighted by Gasteiger charge is -2.15. The second kappa shape index (κ2) is 7.59. The topological polar surface area (TPSA) is 87.7 Å². The van der Waals surface area contributed by atoms with E-state index in [9.17, 15) is 14.4 Å². The number of nitrogens with one attached hydrogen (secondary N) is 2. The first-order valence-electron chi connectivity index (χ1n) is 7.79. The number of hydrogen-bond acceptors (Lipinski definition) is 5. The van der Waals surface area contributed by atoms with Crippen molar-refractivity contribution in [3.63, 3.8) is 0 Å². The van der Waals surface area contributed by atoms with Crippen LogP contribution in [-0.4, -0.2) is 30.4 Å². The fraction of sp³-hybridized carbons (Fsp3) is 0.167. The Morgan fingerprint density at radius 1 is 1.04 bits per heavy atom. The summed E-state index contributed by atoms with van der Waals surface area (Å²) in [5.74, 6) is -0.591. The van der Waals surface area contributed by atoms with Crippen LogP contribution in [0, 0.1) is 0 Å². The van der Waals surface area contributed by atoms with Gasteiger partial charge < -0.3 is 4.74 Å². The molecule has 0 saturated carbocycles. The zero-order valence-corrected chi connectivity index (χ0v) is 13.3. The Morgan fingerprint density at radius 2 is 1.68 bits per heavy atom. The first-order valence-corrected chi connectivity index (χ1v) is 7.79. The second-order valence-electron chi connectivity index (χ2n) is 5.45. The number of hydrogen-bond donors (Lipinski definition) is 2. The highest BCUT2D eigenvalue weighted by molar-refractivity contribution is 6.22. The largest absolute Gasteiger partial charge is 0.484 e. The molecule has 0 radical (unpaired) electrons. The number of hydrazine groups is 1. The van der Waals surface area contributed by atoms with E-state index in [-0.39, 0.29) is 18.9 Å². The summed E-state index contributed by atoms with van der Waals surface area (Å²) in [6.45, 7) is -0.200. The Morgan fingerprint density at radius 3 is 2.36 bits per heavy atom. The zero-order valence-electron chi connectivity index (χ0n) is 13.3. The van der Waals surface area contributed by atoms with Gasteiger partial charge in [-0.05, 0) is 24.3 Å². The molecular formula is C18H17N3O4. The maximum atomic E-state index is 12.4. The van der Waals surface area contributed by atoms with Gasteiger partial charge in [0.2, 0.25) is 5.91 Å². The molecule has 25 heavy (non-hydrogen) atoms. The molecule has 0 unspecified atom stereocenters. The molecule has 2 aromatic carbocycles. The number of rotatable bonds is 6. The molecule has 0 aliphatic carbocycles. The van der Waals surface area contributed by atoms with E-state index in [1.807, 2.05) is 6.07 Å². The van der Waals surface area contributed by atoms with Crippen LogP contribution in [0.15, 0.2) is 60.7 Å². The highest BCUT2D eigenvalue weighted by atomic mass is 16.5. The molecule has 0 spiro atoms. The van der Waals surface area contributed by atoms with Gasteiger partial charge in [-0.3, -0.25) is 19.8 Å². The third kappa shape index (κ3) is 4.02. The second-order valence-corrected chi connectivity index (χ2v) is 5.45. The summed E-state index contributed by atoms with van der Waals surface area (Å²) >= 11 is 0. The predicted molar refractivity (Wildman–Crippen MR) is 90.6 cm³/mol. The van der Waals surface area contributed by atoms with E-state index in [0.717, 1.165) is 4.90 Å². The van der Waals surface area contributed by atoms with Crippen LogP contribution in [0.3, 0.4) is 0 Å². The molecule has 128 valence electrons. The average molecular weight is 339 g/mol. The molecule has 1 aliphatic heterocycles. The van der Waals surface area contributed by atoms with E-state index in [1.54, 1.807) is 54.6 Å². The van der Waals surface area contributed by atoms with Crippen molar-refractivity contribution in [1.29, 1.82) is 0 Å². The molecular weight excluding hydrogens is 322 g/mol. The monoisotopic (exact) mass is 339 g/mol. The van der Waals surface area contributed by atoms with Crippen LogP contribution in [0.2, 0.25) is 0 Å². The lowest BCUT2D eigenvalue weighted by molar-refractivity contribution is -0.125. The number of para-hydroxylation sites is 2. The predicted octanol–water partition coefficient (Wildman–Crippen LogP) is 1.02. The van der Waals surface area contributed by atoms with E-state index in [0.29, 0.717) is 11.4 Å². The number of imide groups is 1. The molecule has 1 fully saturated rings. The van der Waals surface area contributed by atoms with E-state index in [4.69, 9.17) is 4.74 Å². The maximum absolute atomic E-state index is 12.4. The summed E-state index contributed by atoms with van der Waals surface area (Å²) < 4.78 is 5.31. The van der Waals surface area contributed by atoms with Crippen LogP contribution in [0.5, 0.6) is 5.75 Å². The SMILES string of the molecule is O=C(COc1ccccc1)NN[C@@H]1CC(=O)N(c2ccccc2)C1=O. The van der Waals surface area contributed by atoms with Crippen molar-refractivity contribution in [1.82, 2.24) is 10.9 Å². The van der Waals surface area contributed by atoms with Crippen molar-refractivity contribution in [2.24, 2.45) is 0 Å². The van der Waals surface area contributed by atoms with Gasteiger partial charge >= 0.3 is 0 Å². The molecule has 3 amide bonds. The van der Waals surface area contributed by atoms with E-state index in [1.165, 1.54) is 0 Å². The summed E-state index contributed by atoms with van der Waals surface area (Å²) in [7, 11) is 0. The quantitative estimate of drug-likeness (QED) is 0.606. The summed E-state index contributed by atoms with van der Waals surface area (Å²) in [6, 6.07) is 16.8. The fourth-order valence-corrected chi connectivity index (χ4v) is 2.46. The summed E-state index contributed by atoms with van der Waals surface area (Å²) in [5.41, 5.74) is 5.52. The van der Waals surface area contributed by atoms with Crippen molar-refractivity contribution in [3.8, 4) is 5.75 Å². The molecule has 2 N–H and O–H groups in total. The third-order valence-corrected chi connectivity index (χ3v) is 3.66. The lowest BCUT2D eigenvalue weighted by atomic mass is 10.2. The maximum Gasteiger partial charge on any atom is 0.272 e. The van der Waals surface area contributed by atoms with Gasteiger partial charge in [0.15, 0.2) is 6.61 Å². The Bertz CT molecular complexity index is 764. The van der Waals surface area contributed by atoms with E-state index < -0.39 is 17.9 Å². The van der Waals surface area contributed by atoms with Crippen molar-refractivity contribution < 1.29 is 19.1 Å². The molecule has 7 heteroatoms. The van der Waals surface area contributed by atoms with E-state index in [2.05, 4.69) is 10.9 Å². The Kier molecular flexibility index (Phi) is 5.06. The number of amides is 3. The van der Waals surface area contributed by atoms with Crippen molar-refractivity contribution in [2.45, 2.75) is 12.5 Å². The van der Waals surface area contributed by atoms with Crippen LogP contribution in [0.1, 0.15) is 6.42 Å². The van der Waals surface area contributed by atoms with Gasteiger partial charge in [-0.15, -0.1) is 0 Å². The van der Waals surface area contributed by atoms with E-state index >= 15 is 0 Å². The molecule has 7 nitrogen and oxygen atoms in total. The minimum absolute atomic E-state index is 0.0203. The normalized spacial score (nSPS) is 16.8. The highest BCUT2D eigenvalue weighted by Gasteiger charge is 2.39. The number of carbonyl (C=O) groups excluding carboxylic acids is 3. The lowest BCUT2D eigenvalue weighted by Crippen LogP contribution is -2.49. The number of carbonyl (C=O) groups is 3. The minimum atomic E-state index is -0.798. The van der Waals surface area contributed by atoms with Crippen LogP contribution < -0.4 is 20.5 Å². The minimum Gasteiger partial charge on any atom is -0.484 e. The van der Waals surface area contributed by atoms with Crippen molar-refractivity contribution >= 4 is 23.4 Å². The number of nitrogens with zero attached hydrogens (tertiary/aromatic N) is 1. The summed E-state index contributed by atoms with van der Waals surface area (Å²) in [6.07, 6.45) is -0.0203. The molecule has 1 aliphatic rings. The molecule has 1 atom stereocenters. The number of benzene rings is 2. The molecule has 0 bridgehead atoms. The molecule has 1 heterocycles. The third-order valence-electron chi connectivity index (χ3n) is 3.66. The Hall–Kier alpha value is -3.19. The smallest absolute Gasteiger partial charge is 0.272 e. The number of ether oxygens (including phenoxy) is 1. The van der Waals surface area contributed by atoms with Gasteiger partial charge in [-0.25, -0.2) is 10.3 Å². The summed E-state index contributed by atoms with van der Waals surface area (Å²) in [4.78, 5) is 37.4. The molecule has 2 aromatic rings. The highest BCUT2D eigenvalue weighted by Crippen LogP contribution is 2.22. The van der Waals surface area contributed by atoms with Crippen LogP contribution in [0.25, 0.3) is 0 Å². The summed E-state index contributed by atoms with van der Waals surface area (Å²) in [5, 5.41) is 0. The Balaban J connectivity index is 1.51. The van der Waals surface area contributed by atoms with Crippen LogP contribution in [0.4, 0.5) is 5.69 Å². The average Bonchev–Trinajstić information content (AvgIpc) is 2.93. The first-order chi connectivity index (χ1) is 12.1. The zero-order chi connectivity index (χ0) is 17.6. The van der Waals surface area contributed by atoms with Crippen molar-refractivity contribution in [2.75, 3.05) is 11.5 Å². The first kappa shape index (κ1) is 16.7. The number of anilines is 1. The van der Waals surface area contributed by atoms with Gasteiger partial charge in [-0.2, -0.15) is 0 Å². The van der Waals surface area contributed by atoms with Gasteiger partial charge in [-0.1, -0.05) is 36.4 Å². The van der Waals surface area contributed by atoms with Gasteiger partial charge in [0, 0.05) is 0 Å². The standard InChI is InChI=1S/C18H17N3O4/c22-16(12-25-14-9-5-2-6-10-14)20-19-15-11-17(23)21(18(15)24)13-7-3-1-4-8-13/h1-10,15,19H,11-12H2,(H,20,22)/t15-/m1/s1. The Labute approximate surface area is 144 Å². The van der Waals surface area contributed by atoms with Crippen molar-refractivity contribution in [3.05, 3.63) is 60.7 Å². The van der Waals surface area contributed by atoms with Crippen LogP contribution >= 0.6 is 0 Å². The molecule has 3 rings (SSSR count). The molecule has 0 aromatic heterocycles. The van der Waals surface area contributed by atoms with Gasteiger partial charge in [0.25, 0.3) is 11.8 Å². The molecule has 1 saturated heterocycles. The van der Waals surface area contributed by atoms with Gasteiger partial charge in [0.1, 0.15) is 11.8 Å².